The first-order chi connectivity index (χ1) is 13.0. The van der Waals surface area contributed by atoms with Crippen LogP contribution >= 0.6 is 0 Å². The van der Waals surface area contributed by atoms with Crippen molar-refractivity contribution in [3.8, 4) is 0 Å². The summed E-state index contributed by atoms with van der Waals surface area (Å²) in [5.74, 6) is 0. The molecule has 2 aromatic rings. The van der Waals surface area contributed by atoms with Gasteiger partial charge in [-0.05, 0) is 11.5 Å². The smallest absolute Gasteiger partial charge is 0.321 e. The number of fused-ring (bicyclic) bond motifs is 1. The Morgan fingerprint density at radius 3 is 2.30 bits per heavy atom. The minimum atomic E-state index is -3.45. The average molecular weight is 391 g/mol. The molecule has 2 amide bonds. The minimum absolute atomic E-state index is 0.203. The van der Waals surface area contributed by atoms with Gasteiger partial charge in [-0.25, -0.2) is 4.79 Å². The number of piperazine rings is 1. The van der Waals surface area contributed by atoms with E-state index in [1.54, 1.807) is 4.90 Å². The highest BCUT2D eigenvalue weighted by Gasteiger charge is 2.32. The predicted octanol–water partition coefficient (Wildman–Crippen LogP) is 2.58. The van der Waals surface area contributed by atoms with Crippen molar-refractivity contribution in [2.24, 2.45) is 0 Å². The van der Waals surface area contributed by atoms with E-state index in [0.29, 0.717) is 39.3 Å². The van der Waals surface area contributed by atoms with Crippen LogP contribution in [-0.4, -0.2) is 67.2 Å². The Labute approximate surface area is 160 Å². The fourth-order valence-electron chi connectivity index (χ4n) is 3.36. The van der Waals surface area contributed by atoms with Gasteiger partial charge in [0.25, 0.3) is 10.2 Å². The van der Waals surface area contributed by atoms with Crippen molar-refractivity contribution in [1.82, 2.24) is 13.5 Å². The maximum absolute atomic E-state index is 12.7. The Balaban J connectivity index is 1.65. The second kappa shape index (κ2) is 8.24. The van der Waals surface area contributed by atoms with Crippen molar-refractivity contribution < 1.29 is 13.2 Å². The molecule has 0 aliphatic carbocycles. The molecule has 0 unspecified atom stereocenters. The SMILES string of the molecule is CCN(CC)S(=O)(=O)N1CCN(C(=O)Nc2cccc3ccccc23)CC1. The van der Waals surface area contributed by atoms with Crippen LogP contribution in [0.5, 0.6) is 0 Å². The molecule has 0 bridgehead atoms. The van der Waals surface area contributed by atoms with Gasteiger partial charge in [0.05, 0.1) is 5.69 Å². The molecule has 0 spiro atoms. The van der Waals surface area contributed by atoms with Gasteiger partial charge in [0.15, 0.2) is 0 Å². The summed E-state index contributed by atoms with van der Waals surface area (Å²) >= 11 is 0. The number of carbonyl (C=O) groups excluding carboxylic acids is 1. The van der Waals surface area contributed by atoms with Crippen LogP contribution < -0.4 is 5.32 Å². The second-order valence-corrected chi connectivity index (χ2v) is 8.36. The maximum atomic E-state index is 12.7. The number of rotatable bonds is 5. The first-order valence-corrected chi connectivity index (χ1v) is 10.7. The molecule has 1 aliphatic heterocycles. The molecule has 0 radical (unpaired) electrons. The average Bonchev–Trinajstić information content (AvgIpc) is 2.69. The monoisotopic (exact) mass is 390 g/mol. The number of nitrogens with zero attached hydrogens (tertiary/aromatic N) is 3. The predicted molar refractivity (Wildman–Crippen MR) is 108 cm³/mol. The Kier molecular flexibility index (Phi) is 5.98. The quantitative estimate of drug-likeness (QED) is 0.853. The molecular formula is C19H26N4O3S. The lowest BCUT2D eigenvalue weighted by atomic mass is 10.1. The zero-order chi connectivity index (χ0) is 19.4. The molecule has 1 saturated heterocycles. The standard InChI is InChI=1S/C19H26N4O3S/c1-3-22(4-2)27(25,26)23-14-12-21(13-15-23)19(24)20-18-11-7-9-16-8-5-6-10-17(16)18/h5-11H,3-4,12-15H2,1-2H3,(H,20,24). The molecule has 0 saturated carbocycles. The van der Waals surface area contributed by atoms with Crippen molar-refractivity contribution in [1.29, 1.82) is 0 Å². The van der Waals surface area contributed by atoms with E-state index in [0.717, 1.165) is 16.5 Å². The van der Waals surface area contributed by atoms with Crippen LogP contribution in [0.25, 0.3) is 10.8 Å². The topological polar surface area (TPSA) is 73.0 Å². The van der Waals surface area contributed by atoms with Crippen LogP contribution in [0.3, 0.4) is 0 Å². The maximum Gasteiger partial charge on any atom is 0.321 e. The van der Waals surface area contributed by atoms with Crippen LogP contribution in [0.4, 0.5) is 10.5 Å². The number of hydrogen-bond donors (Lipinski definition) is 1. The molecule has 2 aromatic carbocycles. The lowest BCUT2D eigenvalue weighted by Crippen LogP contribution is -2.54. The third-order valence-electron chi connectivity index (χ3n) is 4.92. The number of urea groups is 1. The largest absolute Gasteiger partial charge is 0.322 e. The van der Waals surface area contributed by atoms with Gasteiger partial charge < -0.3 is 10.2 Å². The Morgan fingerprint density at radius 1 is 1.00 bits per heavy atom. The van der Waals surface area contributed by atoms with Crippen molar-refractivity contribution in [3.05, 3.63) is 42.5 Å². The summed E-state index contributed by atoms with van der Waals surface area (Å²) in [7, 11) is -3.45. The summed E-state index contributed by atoms with van der Waals surface area (Å²) < 4.78 is 28.1. The van der Waals surface area contributed by atoms with Gasteiger partial charge >= 0.3 is 6.03 Å². The highest BCUT2D eigenvalue weighted by atomic mass is 32.2. The lowest BCUT2D eigenvalue weighted by Gasteiger charge is -2.36. The number of benzene rings is 2. The van der Waals surface area contributed by atoms with E-state index in [1.807, 2.05) is 56.3 Å². The first-order valence-electron chi connectivity index (χ1n) is 9.26. The van der Waals surface area contributed by atoms with E-state index >= 15 is 0 Å². The Morgan fingerprint density at radius 2 is 1.63 bits per heavy atom. The van der Waals surface area contributed by atoms with Gasteiger partial charge in [0.2, 0.25) is 0 Å². The molecule has 1 aliphatic rings. The Bertz CT molecular complexity index is 899. The zero-order valence-electron chi connectivity index (χ0n) is 15.8. The second-order valence-electron chi connectivity index (χ2n) is 6.44. The van der Waals surface area contributed by atoms with Crippen LogP contribution in [0.1, 0.15) is 13.8 Å². The fraction of sp³-hybridized carbons (Fsp3) is 0.421. The third kappa shape index (κ3) is 4.07. The van der Waals surface area contributed by atoms with E-state index in [1.165, 1.54) is 8.61 Å². The minimum Gasteiger partial charge on any atom is -0.322 e. The van der Waals surface area contributed by atoms with Crippen molar-refractivity contribution in [2.75, 3.05) is 44.6 Å². The molecule has 8 heteroatoms. The summed E-state index contributed by atoms with van der Waals surface area (Å²) in [6.07, 6.45) is 0. The molecule has 0 aromatic heterocycles. The summed E-state index contributed by atoms with van der Waals surface area (Å²) in [6, 6.07) is 13.5. The van der Waals surface area contributed by atoms with E-state index < -0.39 is 10.2 Å². The molecule has 146 valence electrons. The summed E-state index contributed by atoms with van der Waals surface area (Å²) in [5.41, 5.74) is 0.760. The number of carbonyl (C=O) groups is 1. The molecule has 3 rings (SSSR count). The Hall–Kier alpha value is -2.16. The number of anilines is 1. The molecule has 1 fully saturated rings. The highest BCUT2D eigenvalue weighted by Crippen LogP contribution is 2.23. The van der Waals surface area contributed by atoms with Gasteiger partial charge in [-0.1, -0.05) is 50.2 Å². The summed E-state index contributed by atoms with van der Waals surface area (Å²) in [5, 5.41) is 5.01. The van der Waals surface area contributed by atoms with Crippen molar-refractivity contribution in [2.45, 2.75) is 13.8 Å². The molecule has 27 heavy (non-hydrogen) atoms. The molecule has 0 atom stereocenters. The van der Waals surface area contributed by atoms with E-state index in [9.17, 15) is 13.2 Å². The normalized spacial score (nSPS) is 16.0. The summed E-state index contributed by atoms with van der Waals surface area (Å²) in [4.78, 5) is 14.3. The zero-order valence-corrected chi connectivity index (χ0v) is 16.6. The molecule has 7 nitrogen and oxygen atoms in total. The number of nitrogens with one attached hydrogen (secondary N) is 1. The van der Waals surface area contributed by atoms with Crippen LogP contribution in [0.2, 0.25) is 0 Å². The third-order valence-corrected chi connectivity index (χ3v) is 7.10. The molecule has 1 heterocycles. The lowest BCUT2D eigenvalue weighted by molar-refractivity contribution is 0.181. The number of hydrogen-bond acceptors (Lipinski definition) is 3. The van der Waals surface area contributed by atoms with E-state index in [-0.39, 0.29) is 6.03 Å². The first kappa shape index (κ1) is 19.6. The van der Waals surface area contributed by atoms with Crippen molar-refractivity contribution >= 4 is 32.7 Å². The van der Waals surface area contributed by atoms with E-state index in [4.69, 9.17) is 0 Å². The van der Waals surface area contributed by atoms with Crippen LogP contribution in [0.15, 0.2) is 42.5 Å². The fourth-order valence-corrected chi connectivity index (χ4v) is 4.97. The molecule has 1 N–H and O–H groups in total. The van der Waals surface area contributed by atoms with Crippen molar-refractivity contribution in [3.63, 3.8) is 0 Å². The van der Waals surface area contributed by atoms with Gasteiger partial charge in [0, 0.05) is 44.7 Å². The highest BCUT2D eigenvalue weighted by molar-refractivity contribution is 7.86. The van der Waals surface area contributed by atoms with Gasteiger partial charge in [-0.15, -0.1) is 0 Å². The summed E-state index contributed by atoms with van der Waals surface area (Å²) in [6.45, 7) is 5.91. The van der Waals surface area contributed by atoms with Gasteiger partial charge in [-0.3, -0.25) is 0 Å². The molecular weight excluding hydrogens is 364 g/mol. The van der Waals surface area contributed by atoms with Crippen LogP contribution in [0, 0.1) is 0 Å². The van der Waals surface area contributed by atoms with Gasteiger partial charge in [0.1, 0.15) is 0 Å². The van der Waals surface area contributed by atoms with Crippen LogP contribution in [-0.2, 0) is 10.2 Å². The van der Waals surface area contributed by atoms with E-state index in [2.05, 4.69) is 5.32 Å². The van der Waals surface area contributed by atoms with Gasteiger partial charge in [-0.2, -0.15) is 17.0 Å². The number of amides is 2.